The highest BCUT2D eigenvalue weighted by Gasteiger charge is 2.47. The summed E-state index contributed by atoms with van der Waals surface area (Å²) >= 11 is 0. The van der Waals surface area contributed by atoms with Crippen molar-refractivity contribution >= 4 is 11.9 Å². The highest BCUT2D eigenvalue weighted by molar-refractivity contribution is 5.85. The Kier molecular flexibility index (Phi) is 3.90. The maximum absolute atomic E-state index is 12.6. The number of hydrogen-bond acceptors (Lipinski definition) is 3. The predicted molar refractivity (Wildman–Crippen MR) is 76.6 cm³/mol. The van der Waals surface area contributed by atoms with Gasteiger partial charge in [0.05, 0.1) is 6.42 Å². The quantitative estimate of drug-likeness (QED) is 0.921. The molecule has 0 bridgehead atoms. The van der Waals surface area contributed by atoms with Crippen LogP contribution in [0.25, 0.3) is 0 Å². The van der Waals surface area contributed by atoms with E-state index in [0.29, 0.717) is 18.0 Å². The van der Waals surface area contributed by atoms with Crippen molar-refractivity contribution in [3.8, 4) is 0 Å². The van der Waals surface area contributed by atoms with Gasteiger partial charge < -0.3 is 10.0 Å². The molecule has 0 spiro atoms. The first-order chi connectivity index (χ1) is 10.2. The Hall–Kier alpha value is -1.91. The molecule has 1 amide bonds. The average Bonchev–Trinajstić information content (AvgIpc) is 2.88. The van der Waals surface area contributed by atoms with Gasteiger partial charge in [0.2, 0.25) is 5.91 Å². The molecule has 5 heteroatoms. The summed E-state index contributed by atoms with van der Waals surface area (Å²) in [5.74, 6) is -0.623. The Morgan fingerprint density at radius 1 is 1.29 bits per heavy atom. The molecule has 1 N–H and O–H groups in total. The molecule has 1 aromatic heterocycles. The Balaban J connectivity index is 1.79. The molecule has 3 unspecified atom stereocenters. The second kappa shape index (κ2) is 5.84. The van der Waals surface area contributed by atoms with E-state index in [0.717, 1.165) is 25.7 Å². The molecule has 1 aliphatic heterocycles. The van der Waals surface area contributed by atoms with E-state index in [9.17, 15) is 14.7 Å². The van der Waals surface area contributed by atoms with Crippen molar-refractivity contribution in [3.05, 3.63) is 30.1 Å². The number of carboxylic acid groups (broad SMARTS) is 1. The summed E-state index contributed by atoms with van der Waals surface area (Å²) in [7, 11) is 0. The normalized spacial score (nSPS) is 28.2. The van der Waals surface area contributed by atoms with Crippen LogP contribution in [0, 0.1) is 5.92 Å². The molecule has 3 atom stereocenters. The molecule has 1 saturated carbocycles. The van der Waals surface area contributed by atoms with Crippen LogP contribution in [0.2, 0.25) is 0 Å². The number of pyridine rings is 1. The van der Waals surface area contributed by atoms with Gasteiger partial charge in [0.25, 0.3) is 0 Å². The van der Waals surface area contributed by atoms with Gasteiger partial charge in [-0.15, -0.1) is 0 Å². The van der Waals surface area contributed by atoms with E-state index in [1.807, 2.05) is 12.1 Å². The zero-order valence-corrected chi connectivity index (χ0v) is 11.9. The Morgan fingerprint density at radius 2 is 2.10 bits per heavy atom. The van der Waals surface area contributed by atoms with Crippen LogP contribution in [0.1, 0.15) is 37.8 Å². The van der Waals surface area contributed by atoms with Crippen molar-refractivity contribution < 1.29 is 14.7 Å². The van der Waals surface area contributed by atoms with E-state index in [1.165, 1.54) is 0 Å². The number of aliphatic carboxylic acids is 1. The number of carbonyl (C=O) groups is 2. The molecule has 2 aliphatic rings. The Bertz CT molecular complexity index is 532. The van der Waals surface area contributed by atoms with Gasteiger partial charge in [0.1, 0.15) is 6.04 Å². The molecule has 2 fully saturated rings. The third-order valence-corrected chi connectivity index (χ3v) is 4.72. The van der Waals surface area contributed by atoms with Crippen molar-refractivity contribution in [2.24, 2.45) is 5.92 Å². The zero-order valence-electron chi connectivity index (χ0n) is 11.9. The fourth-order valence-electron chi connectivity index (χ4n) is 3.79. The third-order valence-electron chi connectivity index (χ3n) is 4.72. The standard InChI is InChI=1S/C16H20N2O3/c19-15(10-12-6-3-4-8-17-12)18-13-7-2-1-5-11(13)9-14(18)16(20)21/h3-4,6,8,11,13-14H,1-2,5,7,9-10H2,(H,20,21). The van der Waals surface area contributed by atoms with E-state index in [2.05, 4.69) is 4.98 Å². The molecule has 5 nitrogen and oxygen atoms in total. The monoisotopic (exact) mass is 288 g/mol. The van der Waals surface area contributed by atoms with Crippen LogP contribution in [0.3, 0.4) is 0 Å². The SMILES string of the molecule is O=C(O)C1CC2CCCCC2N1C(=O)Cc1ccccn1. The number of likely N-dealkylation sites (tertiary alicyclic amines) is 1. The van der Waals surface area contributed by atoms with Crippen molar-refractivity contribution in [2.75, 3.05) is 0 Å². The number of amides is 1. The number of carboxylic acids is 1. The second-order valence-electron chi connectivity index (χ2n) is 6.00. The first kappa shape index (κ1) is 14.0. The highest BCUT2D eigenvalue weighted by Crippen LogP contribution is 2.40. The topological polar surface area (TPSA) is 70.5 Å². The van der Waals surface area contributed by atoms with Gasteiger partial charge in [-0.3, -0.25) is 9.78 Å². The summed E-state index contributed by atoms with van der Waals surface area (Å²) in [5.41, 5.74) is 0.700. The third kappa shape index (κ3) is 2.77. The van der Waals surface area contributed by atoms with E-state index in [-0.39, 0.29) is 18.4 Å². The summed E-state index contributed by atoms with van der Waals surface area (Å²) in [5, 5.41) is 9.44. The van der Waals surface area contributed by atoms with Crippen LogP contribution in [-0.4, -0.2) is 39.0 Å². The summed E-state index contributed by atoms with van der Waals surface area (Å²) in [6, 6.07) is 4.91. The second-order valence-corrected chi connectivity index (χ2v) is 6.00. The van der Waals surface area contributed by atoms with Crippen LogP contribution in [0.5, 0.6) is 0 Å². The maximum atomic E-state index is 12.6. The van der Waals surface area contributed by atoms with E-state index in [4.69, 9.17) is 0 Å². The fraction of sp³-hybridized carbons (Fsp3) is 0.562. The van der Waals surface area contributed by atoms with Crippen LogP contribution in [0.15, 0.2) is 24.4 Å². The smallest absolute Gasteiger partial charge is 0.326 e. The summed E-state index contributed by atoms with van der Waals surface area (Å²) in [6.45, 7) is 0. The predicted octanol–water partition coefficient (Wildman–Crippen LogP) is 1.87. The van der Waals surface area contributed by atoms with Crippen LogP contribution in [-0.2, 0) is 16.0 Å². The highest BCUT2D eigenvalue weighted by atomic mass is 16.4. The van der Waals surface area contributed by atoms with Gasteiger partial charge in [-0.2, -0.15) is 0 Å². The lowest BCUT2D eigenvalue weighted by Crippen LogP contribution is -2.46. The van der Waals surface area contributed by atoms with Gasteiger partial charge in [-0.05, 0) is 37.3 Å². The van der Waals surface area contributed by atoms with Gasteiger partial charge in [0.15, 0.2) is 0 Å². The van der Waals surface area contributed by atoms with Crippen molar-refractivity contribution in [3.63, 3.8) is 0 Å². The first-order valence-electron chi connectivity index (χ1n) is 7.60. The minimum Gasteiger partial charge on any atom is -0.480 e. The molecular formula is C16H20N2O3. The molecule has 1 aliphatic carbocycles. The number of rotatable bonds is 3. The minimum atomic E-state index is -0.876. The summed E-state index contributed by atoms with van der Waals surface area (Å²) in [4.78, 5) is 29.9. The molecule has 1 aromatic rings. The van der Waals surface area contributed by atoms with Crippen LogP contribution < -0.4 is 0 Å². The number of fused-ring (bicyclic) bond motifs is 1. The Labute approximate surface area is 124 Å². The van der Waals surface area contributed by atoms with E-state index >= 15 is 0 Å². The summed E-state index contributed by atoms with van der Waals surface area (Å²) < 4.78 is 0. The lowest BCUT2D eigenvalue weighted by Gasteiger charge is -2.33. The number of carbonyl (C=O) groups excluding carboxylic acids is 1. The molecular weight excluding hydrogens is 268 g/mol. The molecule has 0 radical (unpaired) electrons. The van der Waals surface area contributed by atoms with Crippen LogP contribution >= 0.6 is 0 Å². The molecule has 2 heterocycles. The summed E-state index contributed by atoms with van der Waals surface area (Å²) in [6.07, 6.45) is 6.66. The molecule has 112 valence electrons. The molecule has 1 saturated heterocycles. The first-order valence-corrected chi connectivity index (χ1v) is 7.60. The van der Waals surface area contributed by atoms with Gasteiger partial charge in [-0.1, -0.05) is 18.9 Å². The number of aromatic nitrogens is 1. The average molecular weight is 288 g/mol. The van der Waals surface area contributed by atoms with Gasteiger partial charge >= 0.3 is 5.97 Å². The molecule has 0 aromatic carbocycles. The minimum absolute atomic E-state index is 0.101. The molecule has 21 heavy (non-hydrogen) atoms. The lowest BCUT2D eigenvalue weighted by molar-refractivity contribution is -0.149. The van der Waals surface area contributed by atoms with Crippen molar-refractivity contribution in [2.45, 2.75) is 50.6 Å². The van der Waals surface area contributed by atoms with E-state index in [1.54, 1.807) is 17.2 Å². The van der Waals surface area contributed by atoms with E-state index < -0.39 is 12.0 Å². The van der Waals surface area contributed by atoms with Crippen LogP contribution in [0.4, 0.5) is 0 Å². The molecule has 3 rings (SSSR count). The largest absolute Gasteiger partial charge is 0.480 e. The van der Waals surface area contributed by atoms with Crippen molar-refractivity contribution in [1.29, 1.82) is 0 Å². The lowest BCUT2D eigenvalue weighted by atomic mass is 9.84. The fourth-order valence-corrected chi connectivity index (χ4v) is 3.79. The van der Waals surface area contributed by atoms with Gasteiger partial charge in [-0.25, -0.2) is 4.79 Å². The Morgan fingerprint density at radius 3 is 2.81 bits per heavy atom. The van der Waals surface area contributed by atoms with Crippen molar-refractivity contribution in [1.82, 2.24) is 9.88 Å². The zero-order chi connectivity index (χ0) is 14.8. The van der Waals surface area contributed by atoms with Gasteiger partial charge in [0, 0.05) is 17.9 Å². The number of hydrogen-bond donors (Lipinski definition) is 1. The number of nitrogens with zero attached hydrogens (tertiary/aromatic N) is 2. The maximum Gasteiger partial charge on any atom is 0.326 e.